The van der Waals surface area contributed by atoms with Crippen LogP contribution in [0.3, 0.4) is 0 Å². The highest BCUT2D eigenvalue weighted by Crippen LogP contribution is 2.77. The second-order valence-corrected chi connectivity index (χ2v) is 8.65. The maximum atomic E-state index is 13.1. The van der Waals surface area contributed by atoms with Gasteiger partial charge in [0.15, 0.2) is 0 Å². The van der Waals surface area contributed by atoms with E-state index >= 15 is 0 Å². The molecule has 2 fully saturated rings. The molecular formula is C26H24O3. The molecule has 1 aliphatic heterocycles. The summed E-state index contributed by atoms with van der Waals surface area (Å²) < 4.78 is 5.25. The van der Waals surface area contributed by atoms with E-state index in [2.05, 4.69) is 44.7 Å². The number of allylic oxidation sites excluding steroid dienone is 3. The van der Waals surface area contributed by atoms with E-state index in [4.69, 9.17) is 4.74 Å². The zero-order chi connectivity index (χ0) is 20.4. The van der Waals surface area contributed by atoms with Gasteiger partial charge in [0, 0.05) is 16.7 Å². The number of hydrogen-bond acceptors (Lipinski definition) is 3. The molecule has 29 heavy (non-hydrogen) atoms. The molecule has 2 aliphatic carbocycles. The van der Waals surface area contributed by atoms with Gasteiger partial charge in [0.05, 0.1) is 11.8 Å². The van der Waals surface area contributed by atoms with Crippen LogP contribution in [0.1, 0.15) is 37.3 Å². The van der Waals surface area contributed by atoms with Gasteiger partial charge in [0.2, 0.25) is 0 Å². The Bertz CT molecular complexity index is 1050. The Hall–Kier alpha value is -2.94. The molecule has 2 bridgehead atoms. The molecule has 1 saturated carbocycles. The van der Waals surface area contributed by atoms with Crippen molar-refractivity contribution in [3.8, 4) is 0 Å². The third kappa shape index (κ3) is 1.98. The summed E-state index contributed by atoms with van der Waals surface area (Å²) in [6, 6.07) is 20.5. The van der Waals surface area contributed by atoms with Gasteiger partial charge in [0.1, 0.15) is 0 Å². The molecule has 1 heterocycles. The first-order valence-electron chi connectivity index (χ1n) is 10.2. The number of benzene rings is 2. The van der Waals surface area contributed by atoms with Gasteiger partial charge in [-0.25, -0.2) is 0 Å². The summed E-state index contributed by atoms with van der Waals surface area (Å²) in [6.45, 7) is 8.26. The minimum Gasteiger partial charge on any atom is -0.393 e. The van der Waals surface area contributed by atoms with Gasteiger partial charge >= 0.3 is 11.9 Å². The Labute approximate surface area is 171 Å². The van der Waals surface area contributed by atoms with E-state index in [0.29, 0.717) is 6.42 Å². The molecule has 146 valence electrons. The molecular weight excluding hydrogens is 360 g/mol. The fourth-order valence-corrected chi connectivity index (χ4v) is 6.88. The smallest absolute Gasteiger partial charge is 0.318 e. The molecule has 0 aromatic heterocycles. The molecule has 0 amide bonds. The largest absolute Gasteiger partial charge is 0.393 e. The Morgan fingerprint density at radius 1 is 0.966 bits per heavy atom. The molecule has 2 aromatic rings. The molecule has 0 radical (unpaired) electrons. The molecule has 2 aromatic carbocycles. The number of cyclic esters (lactones) is 2. The third-order valence-corrected chi connectivity index (χ3v) is 7.69. The van der Waals surface area contributed by atoms with Crippen molar-refractivity contribution in [2.45, 2.75) is 31.6 Å². The van der Waals surface area contributed by atoms with Crippen LogP contribution in [0, 0.1) is 17.3 Å². The van der Waals surface area contributed by atoms with Crippen LogP contribution in [0.25, 0.3) is 0 Å². The number of carbonyl (C=O) groups is 2. The summed E-state index contributed by atoms with van der Waals surface area (Å²) in [5.41, 5.74) is 3.56. The molecule has 0 unspecified atom stereocenters. The van der Waals surface area contributed by atoms with Gasteiger partial charge in [-0.15, -0.1) is 6.58 Å². The van der Waals surface area contributed by atoms with Gasteiger partial charge in [-0.2, -0.15) is 0 Å². The van der Waals surface area contributed by atoms with Crippen LogP contribution in [-0.2, 0) is 19.7 Å². The highest BCUT2D eigenvalue weighted by Gasteiger charge is 2.79. The number of carbonyl (C=O) groups excluding carboxylic acids is 2. The first kappa shape index (κ1) is 18.1. The molecule has 3 heteroatoms. The van der Waals surface area contributed by atoms with Crippen LogP contribution in [0.2, 0.25) is 0 Å². The number of hydrogen-bond donors (Lipinski definition) is 0. The summed E-state index contributed by atoms with van der Waals surface area (Å²) in [5, 5.41) is 0. The first-order valence-corrected chi connectivity index (χ1v) is 10.2. The lowest BCUT2D eigenvalue weighted by Gasteiger charge is -2.39. The molecule has 3 nitrogen and oxygen atoms in total. The highest BCUT2D eigenvalue weighted by molar-refractivity contribution is 6.01. The first-order chi connectivity index (χ1) is 14.0. The summed E-state index contributed by atoms with van der Waals surface area (Å²) in [4.78, 5) is 26.1. The lowest BCUT2D eigenvalue weighted by Crippen LogP contribution is -2.40. The van der Waals surface area contributed by atoms with E-state index in [9.17, 15) is 9.59 Å². The highest BCUT2D eigenvalue weighted by atomic mass is 16.6. The summed E-state index contributed by atoms with van der Waals surface area (Å²) in [6.07, 6.45) is 2.60. The van der Waals surface area contributed by atoms with Gasteiger partial charge in [-0.05, 0) is 24.5 Å². The Balaban J connectivity index is 1.91. The third-order valence-electron chi connectivity index (χ3n) is 7.69. The number of ether oxygens (including phenoxy) is 1. The average molecular weight is 384 g/mol. The molecule has 0 N–H and O–H groups in total. The van der Waals surface area contributed by atoms with Gasteiger partial charge < -0.3 is 4.74 Å². The van der Waals surface area contributed by atoms with Crippen molar-refractivity contribution in [1.29, 1.82) is 0 Å². The van der Waals surface area contributed by atoms with Crippen molar-refractivity contribution in [2.24, 2.45) is 17.3 Å². The lowest BCUT2D eigenvalue weighted by atomic mass is 9.62. The topological polar surface area (TPSA) is 43.4 Å². The van der Waals surface area contributed by atoms with E-state index < -0.39 is 22.7 Å². The second kappa shape index (κ2) is 6.03. The van der Waals surface area contributed by atoms with E-state index in [0.717, 1.165) is 11.1 Å². The average Bonchev–Trinajstić information content (AvgIpc) is 3.25. The van der Waals surface area contributed by atoms with Crippen molar-refractivity contribution in [3.05, 3.63) is 95.6 Å². The van der Waals surface area contributed by atoms with Crippen molar-refractivity contribution in [3.63, 3.8) is 0 Å². The van der Waals surface area contributed by atoms with Crippen LogP contribution in [0.5, 0.6) is 0 Å². The summed E-state index contributed by atoms with van der Waals surface area (Å²) in [5.74, 6) is -1.75. The Kier molecular flexibility index (Phi) is 3.76. The lowest BCUT2D eigenvalue weighted by molar-refractivity contribution is -0.155. The SMILES string of the molecule is C=CCC1=C(C)[C@]2(c3ccccc3)[C@H](c3ccccc3)[C@@]1(C)[C@@H]1C(=O)OC(=O)[C@@H]12. The van der Waals surface area contributed by atoms with E-state index in [1.54, 1.807) is 0 Å². The fourth-order valence-electron chi connectivity index (χ4n) is 6.88. The molecule has 3 aliphatic rings. The second-order valence-electron chi connectivity index (χ2n) is 8.65. The van der Waals surface area contributed by atoms with E-state index in [-0.39, 0.29) is 17.9 Å². The zero-order valence-electron chi connectivity index (χ0n) is 16.7. The minimum atomic E-state index is -0.594. The van der Waals surface area contributed by atoms with Crippen LogP contribution in [0.15, 0.2) is 84.5 Å². The molecule has 1 saturated heterocycles. The summed E-state index contributed by atoms with van der Waals surface area (Å²) >= 11 is 0. The van der Waals surface area contributed by atoms with Crippen molar-refractivity contribution in [1.82, 2.24) is 0 Å². The minimum absolute atomic E-state index is 0.0136. The van der Waals surface area contributed by atoms with Crippen LogP contribution >= 0.6 is 0 Å². The van der Waals surface area contributed by atoms with Crippen LogP contribution < -0.4 is 0 Å². The van der Waals surface area contributed by atoms with E-state index in [1.165, 1.54) is 11.1 Å². The molecule has 5 atom stereocenters. The monoisotopic (exact) mass is 384 g/mol. The number of esters is 2. The maximum absolute atomic E-state index is 13.1. The molecule has 0 spiro atoms. The predicted octanol–water partition coefficient (Wildman–Crippen LogP) is 4.95. The van der Waals surface area contributed by atoms with Crippen LogP contribution in [-0.4, -0.2) is 11.9 Å². The number of rotatable bonds is 4. The van der Waals surface area contributed by atoms with Gasteiger partial charge in [0.25, 0.3) is 0 Å². The van der Waals surface area contributed by atoms with Crippen molar-refractivity contribution < 1.29 is 14.3 Å². The van der Waals surface area contributed by atoms with Crippen molar-refractivity contribution in [2.75, 3.05) is 0 Å². The van der Waals surface area contributed by atoms with E-state index in [1.807, 2.05) is 42.5 Å². The Morgan fingerprint density at radius 3 is 2.17 bits per heavy atom. The zero-order valence-corrected chi connectivity index (χ0v) is 16.7. The Morgan fingerprint density at radius 2 is 1.55 bits per heavy atom. The molecule has 5 rings (SSSR count). The van der Waals surface area contributed by atoms with Crippen LogP contribution in [0.4, 0.5) is 0 Å². The standard InChI is InChI=1S/C26H24O3/c1-4-11-19-16(2)26(18-14-9-6-10-15-18)21-20(23(27)29-24(21)28)25(19,3)22(26)17-12-7-5-8-13-17/h4-10,12-15,20-22H,1,11H2,2-3H3/t20-,21+,22+,25+,26+/m0/s1. The predicted molar refractivity (Wildman–Crippen MR) is 111 cm³/mol. The number of fused-ring (bicyclic) bond motifs is 5. The van der Waals surface area contributed by atoms with Gasteiger partial charge in [-0.3, -0.25) is 9.59 Å². The van der Waals surface area contributed by atoms with Crippen molar-refractivity contribution >= 4 is 11.9 Å². The summed E-state index contributed by atoms with van der Waals surface area (Å²) in [7, 11) is 0. The normalized spacial score (nSPS) is 35.0. The fraction of sp³-hybridized carbons (Fsp3) is 0.308. The van der Waals surface area contributed by atoms with Gasteiger partial charge in [-0.1, -0.05) is 84.8 Å². The quantitative estimate of drug-likeness (QED) is 0.426. The maximum Gasteiger partial charge on any atom is 0.318 e.